The molecular weight excluding hydrogens is 537 g/mol. The van der Waals surface area contributed by atoms with E-state index >= 15 is 0 Å². The minimum Gasteiger partial charge on any atom is -0.444 e. The third-order valence-electron chi connectivity index (χ3n) is 5.61. The summed E-state index contributed by atoms with van der Waals surface area (Å²) in [5, 5.41) is 8.60. The Morgan fingerprint density at radius 2 is 2.09 bits per heavy atom. The molecule has 0 aromatic carbocycles. The molecule has 182 valence electrons. The van der Waals surface area contributed by atoms with Crippen LogP contribution < -0.4 is 10.6 Å². The van der Waals surface area contributed by atoms with Crippen LogP contribution in [-0.2, 0) is 11.3 Å². The summed E-state index contributed by atoms with van der Waals surface area (Å²) < 4.78 is 5.40. The van der Waals surface area contributed by atoms with Crippen molar-refractivity contribution in [2.75, 3.05) is 39.3 Å². The van der Waals surface area contributed by atoms with Crippen LogP contribution in [0.3, 0.4) is 0 Å². The Hall–Kier alpha value is -1.07. The van der Waals surface area contributed by atoms with E-state index in [0.717, 1.165) is 51.6 Å². The maximum atomic E-state index is 12.1. The lowest BCUT2D eigenvalue weighted by atomic mass is 9.98. The van der Waals surface area contributed by atoms with Gasteiger partial charge in [0.2, 0.25) is 0 Å². The maximum Gasteiger partial charge on any atom is 0.407 e. The van der Waals surface area contributed by atoms with Crippen LogP contribution in [0.1, 0.15) is 51.8 Å². The minimum atomic E-state index is -0.476. The predicted octanol–water partition coefficient (Wildman–Crippen LogP) is 4.14. The van der Waals surface area contributed by atoms with Gasteiger partial charge in [0.1, 0.15) is 5.60 Å². The molecule has 2 aliphatic rings. The van der Waals surface area contributed by atoms with E-state index in [4.69, 9.17) is 9.73 Å². The fraction of sp³-hybridized carbons (Fsp3) is 0.739. The van der Waals surface area contributed by atoms with Crippen molar-refractivity contribution in [3.05, 3.63) is 22.4 Å². The first-order valence-corrected chi connectivity index (χ1v) is 12.5. The van der Waals surface area contributed by atoms with Crippen molar-refractivity contribution in [1.29, 1.82) is 0 Å². The van der Waals surface area contributed by atoms with Crippen LogP contribution in [0, 0.1) is 5.92 Å². The largest absolute Gasteiger partial charge is 0.444 e. The molecule has 2 N–H and O–H groups in total. The minimum absolute atomic E-state index is 0. The normalized spacial score (nSPS) is 22.4. The van der Waals surface area contributed by atoms with E-state index in [2.05, 4.69) is 44.9 Å². The fourth-order valence-electron chi connectivity index (χ4n) is 4.25. The molecule has 2 atom stereocenters. The number of nitrogens with zero attached hydrogens (tertiary/aromatic N) is 3. The van der Waals surface area contributed by atoms with Crippen LogP contribution in [0.5, 0.6) is 0 Å². The summed E-state index contributed by atoms with van der Waals surface area (Å²) in [5.74, 6) is 1.56. The quantitative estimate of drug-likeness (QED) is 0.302. The van der Waals surface area contributed by atoms with Gasteiger partial charge in [0.25, 0.3) is 0 Å². The summed E-state index contributed by atoms with van der Waals surface area (Å²) in [6.45, 7) is 14.5. The van der Waals surface area contributed by atoms with Crippen LogP contribution in [0.4, 0.5) is 4.79 Å². The molecule has 1 aromatic heterocycles. The molecule has 1 amide bonds. The first kappa shape index (κ1) is 27.2. The number of hydrogen-bond donors (Lipinski definition) is 2. The summed E-state index contributed by atoms with van der Waals surface area (Å²) >= 11 is 1.84. The number of likely N-dealkylation sites (tertiary alicyclic amines) is 2. The number of alkyl carbamates (subject to hydrolysis) is 1. The number of nitrogens with one attached hydrogen (secondary N) is 2. The van der Waals surface area contributed by atoms with Gasteiger partial charge < -0.3 is 20.3 Å². The fourth-order valence-corrected chi connectivity index (χ4v) is 5.00. The average Bonchev–Trinajstić information content (AvgIpc) is 3.36. The second-order valence-corrected chi connectivity index (χ2v) is 10.6. The highest BCUT2D eigenvalue weighted by Gasteiger charge is 2.28. The van der Waals surface area contributed by atoms with Crippen molar-refractivity contribution in [3.63, 3.8) is 0 Å². The molecule has 7 nitrogen and oxygen atoms in total. The van der Waals surface area contributed by atoms with E-state index < -0.39 is 5.60 Å². The Bertz CT molecular complexity index is 722. The van der Waals surface area contributed by atoms with E-state index in [-0.39, 0.29) is 36.1 Å². The first-order valence-electron chi connectivity index (χ1n) is 11.6. The number of thiophene rings is 1. The number of carbonyl (C=O) groups excluding carboxylic acids is 1. The SMILES string of the molecule is CCNC(=NCC1CCCN(Cc2cccs2)C1)N1CCC(NC(=O)OC(C)(C)C)C1.I. The molecule has 2 aliphatic heterocycles. The van der Waals surface area contributed by atoms with Crippen LogP contribution in [0.15, 0.2) is 22.5 Å². The Kier molecular flexibility index (Phi) is 11.0. The van der Waals surface area contributed by atoms with Gasteiger partial charge in [-0.25, -0.2) is 4.79 Å². The highest BCUT2D eigenvalue weighted by atomic mass is 127. The highest BCUT2D eigenvalue weighted by Crippen LogP contribution is 2.21. The van der Waals surface area contributed by atoms with Crippen LogP contribution >= 0.6 is 35.3 Å². The van der Waals surface area contributed by atoms with Crippen LogP contribution in [0.25, 0.3) is 0 Å². The molecule has 0 spiro atoms. The lowest BCUT2D eigenvalue weighted by Gasteiger charge is -2.32. The number of carbonyl (C=O) groups is 1. The summed E-state index contributed by atoms with van der Waals surface area (Å²) in [7, 11) is 0. The molecule has 2 saturated heterocycles. The molecule has 1 aromatic rings. The molecule has 3 rings (SSSR count). The summed E-state index contributed by atoms with van der Waals surface area (Å²) in [6.07, 6.45) is 3.05. The average molecular weight is 578 g/mol. The van der Waals surface area contributed by atoms with Gasteiger partial charge in [0, 0.05) is 44.1 Å². The van der Waals surface area contributed by atoms with Gasteiger partial charge in [-0.1, -0.05) is 6.07 Å². The second-order valence-electron chi connectivity index (χ2n) is 9.60. The first-order chi connectivity index (χ1) is 14.8. The molecule has 3 heterocycles. The lowest BCUT2D eigenvalue weighted by molar-refractivity contribution is 0.0507. The Morgan fingerprint density at radius 1 is 1.28 bits per heavy atom. The van der Waals surface area contributed by atoms with Crippen molar-refractivity contribution in [1.82, 2.24) is 20.4 Å². The van der Waals surface area contributed by atoms with E-state index in [1.165, 1.54) is 24.3 Å². The highest BCUT2D eigenvalue weighted by molar-refractivity contribution is 14.0. The van der Waals surface area contributed by atoms with Gasteiger partial charge in [-0.2, -0.15) is 0 Å². The van der Waals surface area contributed by atoms with Crippen LogP contribution in [-0.4, -0.2) is 72.8 Å². The van der Waals surface area contributed by atoms with E-state index in [9.17, 15) is 4.79 Å². The second kappa shape index (κ2) is 13.0. The van der Waals surface area contributed by atoms with Gasteiger partial charge in [0.15, 0.2) is 5.96 Å². The summed E-state index contributed by atoms with van der Waals surface area (Å²) in [6, 6.07) is 4.45. The predicted molar refractivity (Wildman–Crippen MR) is 143 cm³/mol. The molecule has 0 aliphatic carbocycles. The molecule has 32 heavy (non-hydrogen) atoms. The van der Waals surface area contributed by atoms with Gasteiger partial charge in [-0.3, -0.25) is 9.89 Å². The number of guanidine groups is 1. The number of aliphatic imine (C=N–C) groups is 1. The molecule has 2 unspecified atom stereocenters. The van der Waals surface area contributed by atoms with E-state index in [1.54, 1.807) is 0 Å². The number of hydrogen-bond acceptors (Lipinski definition) is 5. The molecule has 0 saturated carbocycles. The van der Waals surface area contributed by atoms with Gasteiger partial charge in [-0.15, -0.1) is 35.3 Å². The number of amides is 1. The molecule has 9 heteroatoms. The third-order valence-corrected chi connectivity index (χ3v) is 6.47. The van der Waals surface area contributed by atoms with Crippen molar-refractivity contribution in [2.45, 2.75) is 65.1 Å². The lowest BCUT2D eigenvalue weighted by Crippen LogP contribution is -2.44. The van der Waals surface area contributed by atoms with Crippen molar-refractivity contribution >= 4 is 47.4 Å². The zero-order valence-corrected chi connectivity index (χ0v) is 23.1. The van der Waals surface area contributed by atoms with Crippen molar-refractivity contribution in [3.8, 4) is 0 Å². The Morgan fingerprint density at radius 3 is 2.78 bits per heavy atom. The number of rotatable bonds is 6. The topological polar surface area (TPSA) is 69.2 Å². The van der Waals surface area contributed by atoms with Gasteiger partial charge in [-0.05, 0) is 70.9 Å². The summed E-state index contributed by atoms with van der Waals surface area (Å²) in [4.78, 5) is 23.4. The molecule has 0 bridgehead atoms. The molecular formula is C23H40IN5O2S. The zero-order valence-electron chi connectivity index (χ0n) is 19.9. The summed E-state index contributed by atoms with van der Waals surface area (Å²) in [5.41, 5.74) is -0.476. The number of piperidine rings is 1. The Labute approximate surface area is 214 Å². The van der Waals surface area contributed by atoms with Crippen LogP contribution in [0.2, 0.25) is 0 Å². The maximum absolute atomic E-state index is 12.1. The van der Waals surface area contributed by atoms with Gasteiger partial charge >= 0.3 is 6.09 Å². The number of halogens is 1. The standard InChI is InChI=1S/C23H39N5O2S.HI/c1-5-24-21(28-12-10-19(16-28)26-22(29)30-23(2,3)4)25-14-18-8-6-11-27(15-18)17-20-9-7-13-31-20;/h7,9,13,18-19H,5-6,8,10-12,14-17H2,1-4H3,(H,24,25)(H,26,29);1H. The van der Waals surface area contributed by atoms with E-state index in [0.29, 0.717) is 5.92 Å². The van der Waals surface area contributed by atoms with Gasteiger partial charge in [0.05, 0.1) is 6.04 Å². The smallest absolute Gasteiger partial charge is 0.407 e. The molecule has 2 fully saturated rings. The Balaban J connectivity index is 0.00000363. The number of ether oxygens (including phenoxy) is 1. The monoisotopic (exact) mass is 577 g/mol. The molecule has 0 radical (unpaired) electrons. The van der Waals surface area contributed by atoms with E-state index in [1.807, 2.05) is 32.1 Å². The third kappa shape index (κ3) is 9.05. The van der Waals surface area contributed by atoms with Crippen molar-refractivity contribution in [2.24, 2.45) is 10.9 Å². The van der Waals surface area contributed by atoms with Crippen molar-refractivity contribution < 1.29 is 9.53 Å². The zero-order chi connectivity index (χ0) is 22.3.